The van der Waals surface area contributed by atoms with Gasteiger partial charge in [0, 0.05) is 5.56 Å². The Balaban J connectivity index is 1.53. The number of benzene rings is 4. The minimum absolute atomic E-state index is 0.156. The highest BCUT2D eigenvalue weighted by Gasteiger charge is 2.24. The van der Waals surface area contributed by atoms with E-state index in [1.54, 1.807) is 12.1 Å². The number of halogens is 1. The van der Waals surface area contributed by atoms with Gasteiger partial charge in [-0.15, -0.1) is 0 Å². The van der Waals surface area contributed by atoms with Crippen LogP contribution in [-0.4, -0.2) is 10.9 Å². The molecule has 1 aromatic heterocycles. The van der Waals surface area contributed by atoms with E-state index in [9.17, 15) is 9.18 Å². The first-order valence-corrected chi connectivity index (χ1v) is 11.7. The molecule has 0 saturated heterocycles. The summed E-state index contributed by atoms with van der Waals surface area (Å²) < 4.78 is 13.5. The molecule has 0 radical (unpaired) electrons. The Morgan fingerprint density at radius 3 is 1.79 bits per heavy atom. The van der Waals surface area contributed by atoms with Gasteiger partial charge in [0.25, 0.3) is 0 Å². The number of aromatic nitrogens is 1. The van der Waals surface area contributed by atoms with Crippen molar-refractivity contribution in [3.8, 4) is 21.7 Å². The van der Waals surface area contributed by atoms with Gasteiger partial charge >= 0.3 is 0 Å². The maximum atomic E-state index is 13.6. The van der Waals surface area contributed by atoms with E-state index in [-0.39, 0.29) is 11.7 Å². The quantitative estimate of drug-likeness (QED) is 0.285. The highest BCUT2D eigenvalue weighted by molar-refractivity contribution is 7.19. The Bertz CT molecular complexity index is 1350. The summed E-state index contributed by atoms with van der Waals surface area (Å²) >= 11 is 1.41. The summed E-state index contributed by atoms with van der Waals surface area (Å²) in [5.41, 5.74) is 4.30. The van der Waals surface area contributed by atoms with Gasteiger partial charge in [0.15, 0.2) is 5.13 Å². The Morgan fingerprint density at radius 2 is 1.24 bits per heavy atom. The van der Waals surface area contributed by atoms with Crippen molar-refractivity contribution >= 4 is 22.4 Å². The number of thiazole rings is 1. The molecule has 1 heterocycles. The largest absolute Gasteiger partial charge is 0.301 e. The van der Waals surface area contributed by atoms with Crippen molar-refractivity contribution in [1.29, 1.82) is 0 Å². The minimum atomic E-state index is -0.472. The van der Waals surface area contributed by atoms with Crippen LogP contribution in [0.25, 0.3) is 21.7 Å². The van der Waals surface area contributed by atoms with E-state index in [1.807, 2.05) is 91.0 Å². The predicted molar refractivity (Wildman–Crippen MR) is 136 cm³/mol. The molecule has 5 aromatic rings. The summed E-state index contributed by atoms with van der Waals surface area (Å²) in [6.45, 7) is 0. The summed E-state index contributed by atoms with van der Waals surface area (Å²) in [7, 11) is 0. The molecule has 0 aliphatic rings. The fourth-order valence-electron chi connectivity index (χ4n) is 3.93. The first kappa shape index (κ1) is 21.7. The fraction of sp³-hybridized carbons (Fsp3) is 0.0345. The van der Waals surface area contributed by atoms with E-state index in [0.717, 1.165) is 27.1 Å². The zero-order chi connectivity index (χ0) is 23.3. The Labute approximate surface area is 201 Å². The molecule has 3 nitrogen and oxygen atoms in total. The third-order valence-electron chi connectivity index (χ3n) is 5.54. The van der Waals surface area contributed by atoms with Gasteiger partial charge in [-0.25, -0.2) is 9.37 Å². The SMILES string of the molecule is O=C(Nc1nc(-c2ccc(F)cc2)c(-c2ccccc2)s1)C(c1ccccc1)c1ccccc1. The second-order valence-electron chi connectivity index (χ2n) is 7.81. The number of amides is 1. The molecule has 0 unspecified atom stereocenters. The number of rotatable bonds is 6. The second kappa shape index (κ2) is 9.81. The molecular weight excluding hydrogens is 443 g/mol. The molecule has 0 aliphatic heterocycles. The molecular formula is C29H21FN2OS. The lowest BCUT2D eigenvalue weighted by molar-refractivity contribution is -0.116. The number of hydrogen-bond donors (Lipinski definition) is 1. The number of carbonyl (C=O) groups is 1. The van der Waals surface area contributed by atoms with Crippen molar-refractivity contribution in [2.45, 2.75) is 5.92 Å². The zero-order valence-corrected chi connectivity index (χ0v) is 19.0. The molecule has 0 aliphatic carbocycles. The predicted octanol–water partition coefficient (Wildman–Crippen LogP) is 7.39. The third kappa shape index (κ3) is 4.65. The first-order valence-electron chi connectivity index (χ1n) is 10.9. The van der Waals surface area contributed by atoms with E-state index >= 15 is 0 Å². The van der Waals surface area contributed by atoms with Crippen molar-refractivity contribution in [2.75, 3.05) is 5.32 Å². The van der Waals surface area contributed by atoms with E-state index < -0.39 is 5.92 Å². The van der Waals surface area contributed by atoms with Gasteiger partial charge in [-0.05, 0) is 41.0 Å². The number of nitrogens with zero attached hydrogens (tertiary/aromatic N) is 1. The third-order valence-corrected chi connectivity index (χ3v) is 6.56. The highest BCUT2D eigenvalue weighted by Crippen LogP contribution is 2.39. The molecule has 0 spiro atoms. The van der Waals surface area contributed by atoms with Crippen LogP contribution in [0.5, 0.6) is 0 Å². The van der Waals surface area contributed by atoms with Crippen LogP contribution < -0.4 is 5.32 Å². The number of nitrogens with one attached hydrogen (secondary N) is 1. The summed E-state index contributed by atoms with van der Waals surface area (Å²) in [6.07, 6.45) is 0. The number of hydrogen-bond acceptors (Lipinski definition) is 3. The van der Waals surface area contributed by atoms with Crippen molar-refractivity contribution in [1.82, 2.24) is 4.98 Å². The maximum Gasteiger partial charge on any atom is 0.238 e. The molecule has 5 heteroatoms. The molecule has 1 amide bonds. The average Bonchev–Trinajstić information content (AvgIpc) is 3.30. The van der Waals surface area contributed by atoms with Crippen molar-refractivity contribution in [2.24, 2.45) is 0 Å². The lowest BCUT2D eigenvalue weighted by Crippen LogP contribution is -2.22. The molecule has 34 heavy (non-hydrogen) atoms. The van der Waals surface area contributed by atoms with Gasteiger partial charge in [-0.2, -0.15) is 0 Å². The van der Waals surface area contributed by atoms with Gasteiger partial charge in [-0.3, -0.25) is 4.79 Å². The molecule has 0 fully saturated rings. The van der Waals surface area contributed by atoms with E-state index in [1.165, 1.54) is 23.5 Å². The van der Waals surface area contributed by atoms with Crippen molar-refractivity contribution in [3.63, 3.8) is 0 Å². The molecule has 5 rings (SSSR count). The first-order chi connectivity index (χ1) is 16.7. The number of carbonyl (C=O) groups excluding carboxylic acids is 1. The van der Waals surface area contributed by atoms with Crippen LogP contribution in [0.2, 0.25) is 0 Å². The summed E-state index contributed by atoms with van der Waals surface area (Å²) in [6, 6.07) is 35.6. The monoisotopic (exact) mass is 464 g/mol. The lowest BCUT2D eigenvalue weighted by Gasteiger charge is -2.17. The van der Waals surface area contributed by atoms with Crippen LogP contribution in [0, 0.1) is 5.82 Å². The second-order valence-corrected chi connectivity index (χ2v) is 8.81. The highest BCUT2D eigenvalue weighted by atomic mass is 32.1. The lowest BCUT2D eigenvalue weighted by atomic mass is 9.90. The molecule has 166 valence electrons. The fourth-order valence-corrected chi connectivity index (χ4v) is 4.92. The van der Waals surface area contributed by atoms with Crippen LogP contribution in [0.1, 0.15) is 17.0 Å². The molecule has 0 bridgehead atoms. The van der Waals surface area contributed by atoms with Gasteiger partial charge in [-0.1, -0.05) is 102 Å². The van der Waals surface area contributed by atoms with E-state index in [2.05, 4.69) is 5.32 Å². The zero-order valence-electron chi connectivity index (χ0n) is 18.2. The standard InChI is InChI=1S/C29H21FN2OS/c30-24-18-16-22(17-19-24)26-27(23-14-8-3-9-15-23)34-29(31-26)32-28(33)25(20-10-4-1-5-11-20)21-12-6-2-7-13-21/h1-19,25H,(H,31,32,33). The summed E-state index contributed by atoms with van der Waals surface area (Å²) in [5.74, 6) is -0.931. The molecule has 0 saturated carbocycles. The summed E-state index contributed by atoms with van der Waals surface area (Å²) in [4.78, 5) is 19.2. The summed E-state index contributed by atoms with van der Waals surface area (Å²) in [5, 5.41) is 3.55. The molecule has 0 atom stereocenters. The van der Waals surface area contributed by atoms with Crippen LogP contribution in [0.15, 0.2) is 115 Å². The van der Waals surface area contributed by atoms with Crippen molar-refractivity contribution in [3.05, 3.63) is 132 Å². The van der Waals surface area contributed by atoms with Gasteiger partial charge in [0.1, 0.15) is 5.82 Å². The molecule has 1 N–H and O–H groups in total. The van der Waals surface area contributed by atoms with E-state index in [0.29, 0.717) is 10.8 Å². The Kier molecular flexibility index (Phi) is 6.27. The van der Waals surface area contributed by atoms with Gasteiger partial charge in [0.05, 0.1) is 16.5 Å². The van der Waals surface area contributed by atoms with Crippen LogP contribution >= 0.6 is 11.3 Å². The normalized spacial score (nSPS) is 10.9. The van der Waals surface area contributed by atoms with Crippen LogP contribution in [-0.2, 0) is 4.79 Å². The van der Waals surface area contributed by atoms with Crippen LogP contribution in [0.3, 0.4) is 0 Å². The molecule has 4 aromatic carbocycles. The smallest absolute Gasteiger partial charge is 0.238 e. The topological polar surface area (TPSA) is 42.0 Å². The van der Waals surface area contributed by atoms with E-state index in [4.69, 9.17) is 4.98 Å². The van der Waals surface area contributed by atoms with Crippen molar-refractivity contribution < 1.29 is 9.18 Å². The minimum Gasteiger partial charge on any atom is -0.301 e. The Morgan fingerprint density at radius 1 is 0.706 bits per heavy atom. The van der Waals surface area contributed by atoms with Crippen LogP contribution in [0.4, 0.5) is 9.52 Å². The average molecular weight is 465 g/mol. The Hall–Kier alpha value is -4.09. The number of anilines is 1. The maximum absolute atomic E-state index is 13.6. The van der Waals surface area contributed by atoms with Gasteiger partial charge < -0.3 is 5.32 Å². The van der Waals surface area contributed by atoms with Gasteiger partial charge in [0.2, 0.25) is 5.91 Å².